The zero-order valence-electron chi connectivity index (χ0n) is 15.3. The molecule has 1 amide bonds. The summed E-state index contributed by atoms with van der Waals surface area (Å²) in [7, 11) is 1.67. The second kappa shape index (κ2) is 9.38. The lowest BCUT2D eigenvalue weighted by atomic mass is 10.1. The number of nitrogens with one attached hydrogen (secondary N) is 2. The van der Waals surface area contributed by atoms with E-state index in [0.717, 1.165) is 30.1 Å². The summed E-state index contributed by atoms with van der Waals surface area (Å²) in [4.78, 5) is 16.5. The summed E-state index contributed by atoms with van der Waals surface area (Å²) in [6.07, 6.45) is 2.45. The number of carbonyl (C=O) groups excluding carboxylic acids is 1. The van der Waals surface area contributed by atoms with Gasteiger partial charge in [-0.2, -0.15) is 0 Å². The van der Waals surface area contributed by atoms with Gasteiger partial charge in [-0.1, -0.05) is 42.5 Å². The van der Waals surface area contributed by atoms with E-state index in [1.165, 1.54) is 5.56 Å². The Labute approximate surface area is 159 Å². The molecule has 0 fully saturated rings. The van der Waals surface area contributed by atoms with Gasteiger partial charge in [0.25, 0.3) is 5.91 Å². The zero-order valence-corrected chi connectivity index (χ0v) is 15.3. The van der Waals surface area contributed by atoms with Crippen molar-refractivity contribution in [2.24, 2.45) is 0 Å². The first-order chi connectivity index (χ1) is 13.2. The van der Waals surface area contributed by atoms with Crippen LogP contribution in [0.5, 0.6) is 5.75 Å². The Kier molecular flexibility index (Phi) is 6.41. The number of benzene rings is 2. The number of carbonyl (C=O) groups is 1. The van der Waals surface area contributed by atoms with E-state index in [9.17, 15) is 4.79 Å². The number of anilines is 1. The summed E-state index contributed by atoms with van der Waals surface area (Å²) in [5.74, 6) is 1.48. The van der Waals surface area contributed by atoms with Crippen LogP contribution in [-0.2, 0) is 13.0 Å². The van der Waals surface area contributed by atoms with Crippen LogP contribution in [0.1, 0.15) is 21.5 Å². The Morgan fingerprint density at radius 3 is 2.56 bits per heavy atom. The molecular formula is C22H23N3O2. The van der Waals surface area contributed by atoms with Gasteiger partial charge in [-0.05, 0) is 41.8 Å². The summed E-state index contributed by atoms with van der Waals surface area (Å²) in [5, 5.41) is 6.17. The monoisotopic (exact) mass is 361 g/mol. The number of methoxy groups -OCH3 is 1. The first kappa shape index (κ1) is 18.5. The molecule has 0 aliphatic heterocycles. The van der Waals surface area contributed by atoms with Crippen molar-refractivity contribution in [1.82, 2.24) is 10.3 Å². The lowest BCUT2D eigenvalue weighted by Crippen LogP contribution is -2.22. The summed E-state index contributed by atoms with van der Waals surface area (Å²) in [6, 6.07) is 21.4. The number of hydrogen-bond acceptors (Lipinski definition) is 4. The molecule has 0 atom stereocenters. The van der Waals surface area contributed by atoms with Crippen molar-refractivity contribution in [3.05, 3.63) is 89.6 Å². The fourth-order valence-corrected chi connectivity index (χ4v) is 2.68. The van der Waals surface area contributed by atoms with Crippen LogP contribution >= 0.6 is 0 Å². The van der Waals surface area contributed by atoms with Crippen molar-refractivity contribution in [1.29, 1.82) is 0 Å². The molecule has 5 nitrogen and oxygen atoms in total. The van der Waals surface area contributed by atoms with Gasteiger partial charge in [-0.3, -0.25) is 4.79 Å². The van der Waals surface area contributed by atoms with Crippen LogP contribution in [0.2, 0.25) is 0 Å². The maximum absolute atomic E-state index is 12.2. The van der Waals surface area contributed by atoms with Gasteiger partial charge < -0.3 is 15.4 Å². The van der Waals surface area contributed by atoms with Crippen LogP contribution in [0.15, 0.2) is 72.9 Å². The Balaban J connectivity index is 1.47. The fraction of sp³-hybridized carbons (Fsp3) is 0.182. The first-order valence-corrected chi connectivity index (χ1v) is 8.89. The average Bonchev–Trinajstić information content (AvgIpc) is 2.73. The highest BCUT2D eigenvalue weighted by Gasteiger charge is 2.06. The summed E-state index contributed by atoms with van der Waals surface area (Å²) in [6.45, 7) is 1.25. The molecule has 0 aliphatic rings. The zero-order chi connectivity index (χ0) is 18.9. The largest absolute Gasteiger partial charge is 0.497 e. The summed E-state index contributed by atoms with van der Waals surface area (Å²) >= 11 is 0. The minimum Gasteiger partial charge on any atom is -0.497 e. The summed E-state index contributed by atoms with van der Waals surface area (Å²) < 4.78 is 5.23. The van der Waals surface area contributed by atoms with Crippen molar-refractivity contribution in [2.75, 3.05) is 19.0 Å². The molecule has 0 bridgehead atoms. The van der Waals surface area contributed by atoms with Gasteiger partial charge in [0.15, 0.2) is 0 Å². The Bertz CT molecular complexity index is 864. The van der Waals surface area contributed by atoms with Crippen LogP contribution in [0.4, 0.5) is 5.82 Å². The van der Waals surface area contributed by atoms with Gasteiger partial charge in [0, 0.05) is 19.3 Å². The Morgan fingerprint density at radius 1 is 1.00 bits per heavy atom. The number of ether oxygens (including phenoxy) is 1. The number of aromatic nitrogens is 1. The number of pyridine rings is 1. The molecule has 27 heavy (non-hydrogen) atoms. The third kappa shape index (κ3) is 5.57. The third-order valence-corrected chi connectivity index (χ3v) is 4.18. The van der Waals surface area contributed by atoms with Crippen molar-refractivity contribution in [2.45, 2.75) is 13.0 Å². The highest BCUT2D eigenvalue weighted by molar-refractivity contribution is 5.94. The molecule has 1 aromatic heterocycles. The maximum Gasteiger partial charge on any atom is 0.253 e. The lowest BCUT2D eigenvalue weighted by molar-refractivity contribution is 0.0950. The second-order valence-corrected chi connectivity index (χ2v) is 6.13. The Hall–Kier alpha value is -3.34. The molecule has 3 aromatic rings. The summed E-state index contributed by atoms with van der Waals surface area (Å²) in [5.41, 5.74) is 2.80. The number of hydrogen-bond donors (Lipinski definition) is 2. The third-order valence-electron chi connectivity index (χ3n) is 4.18. The molecule has 0 saturated carbocycles. The molecule has 3 rings (SSSR count). The van der Waals surface area contributed by atoms with Crippen LogP contribution < -0.4 is 15.4 Å². The molecule has 0 aliphatic carbocycles. The Morgan fingerprint density at radius 2 is 1.81 bits per heavy atom. The molecule has 0 saturated heterocycles. The van der Waals surface area contributed by atoms with Gasteiger partial charge in [0.2, 0.25) is 0 Å². The van der Waals surface area contributed by atoms with Gasteiger partial charge >= 0.3 is 0 Å². The first-order valence-electron chi connectivity index (χ1n) is 8.89. The molecule has 0 unspecified atom stereocenters. The van der Waals surface area contributed by atoms with Crippen molar-refractivity contribution < 1.29 is 9.53 Å². The van der Waals surface area contributed by atoms with E-state index >= 15 is 0 Å². The smallest absolute Gasteiger partial charge is 0.253 e. The van der Waals surface area contributed by atoms with Crippen molar-refractivity contribution in [3.63, 3.8) is 0 Å². The van der Waals surface area contributed by atoms with Crippen LogP contribution in [-0.4, -0.2) is 24.5 Å². The normalized spacial score (nSPS) is 10.3. The lowest BCUT2D eigenvalue weighted by Gasteiger charge is -2.08. The SMILES string of the molecule is COc1cccc(CCNc2ccc(C(=O)NCc3ccccc3)cn2)c1. The van der Waals surface area contributed by atoms with E-state index in [2.05, 4.69) is 21.7 Å². The molecule has 2 aromatic carbocycles. The van der Waals surface area contributed by atoms with Crippen molar-refractivity contribution in [3.8, 4) is 5.75 Å². The van der Waals surface area contributed by atoms with Crippen LogP contribution in [0, 0.1) is 0 Å². The molecule has 1 heterocycles. The number of amides is 1. The second-order valence-electron chi connectivity index (χ2n) is 6.13. The standard InChI is InChI=1S/C22H23N3O2/c1-27-20-9-5-8-17(14-20)12-13-23-21-11-10-19(16-24-21)22(26)25-15-18-6-3-2-4-7-18/h2-11,14,16H,12-13,15H2,1H3,(H,23,24)(H,25,26). The highest BCUT2D eigenvalue weighted by atomic mass is 16.5. The molecule has 5 heteroatoms. The van der Waals surface area contributed by atoms with Gasteiger partial charge in [0.1, 0.15) is 11.6 Å². The van der Waals surface area contributed by atoms with E-state index in [-0.39, 0.29) is 5.91 Å². The topological polar surface area (TPSA) is 63.2 Å². The molecule has 2 N–H and O–H groups in total. The molecular weight excluding hydrogens is 338 g/mol. The van der Waals surface area contributed by atoms with Crippen LogP contribution in [0.3, 0.4) is 0 Å². The predicted molar refractivity (Wildman–Crippen MR) is 107 cm³/mol. The van der Waals surface area contributed by atoms with Crippen LogP contribution in [0.25, 0.3) is 0 Å². The van der Waals surface area contributed by atoms with Crippen molar-refractivity contribution >= 4 is 11.7 Å². The number of nitrogens with zero attached hydrogens (tertiary/aromatic N) is 1. The minimum absolute atomic E-state index is 0.130. The quantitative estimate of drug-likeness (QED) is 0.642. The predicted octanol–water partition coefficient (Wildman–Crippen LogP) is 3.67. The highest BCUT2D eigenvalue weighted by Crippen LogP contribution is 2.13. The van der Waals surface area contributed by atoms with E-state index in [1.807, 2.05) is 54.6 Å². The van der Waals surface area contributed by atoms with Gasteiger partial charge in [-0.15, -0.1) is 0 Å². The average molecular weight is 361 g/mol. The molecule has 0 spiro atoms. The number of rotatable bonds is 8. The van der Waals surface area contributed by atoms with E-state index in [4.69, 9.17) is 4.74 Å². The van der Waals surface area contributed by atoms with E-state index in [1.54, 1.807) is 19.4 Å². The van der Waals surface area contributed by atoms with E-state index < -0.39 is 0 Å². The van der Waals surface area contributed by atoms with E-state index in [0.29, 0.717) is 12.1 Å². The van der Waals surface area contributed by atoms with Gasteiger partial charge in [0.05, 0.1) is 12.7 Å². The van der Waals surface area contributed by atoms with Gasteiger partial charge in [-0.25, -0.2) is 4.98 Å². The molecule has 138 valence electrons. The minimum atomic E-state index is -0.130. The maximum atomic E-state index is 12.2. The fourth-order valence-electron chi connectivity index (χ4n) is 2.68. The molecule has 0 radical (unpaired) electrons.